The molecule has 0 aromatic carbocycles. The van der Waals surface area contributed by atoms with Crippen LogP contribution >= 0.6 is 0 Å². The molecule has 0 amide bonds. The second-order valence-electron chi connectivity index (χ2n) is 5.42. The highest BCUT2D eigenvalue weighted by Gasteiger charge is 2.27. The average Bonchev–Trinajstić information content (AvgIpc) is 2.56. The molecule has 0 aliphatic carbocycles. The maximum atomic E-state index is 11.2. The summed E-state index contributed by atoms with van der Waals surface area (Å²) < 4.78 is 22.5. The summed E-state index contributed by atoms with van der Waals surface area (Å²) in [6.45, 7) is 8.33. The Morgan fingerprint density at radius 1 is 1.24 bits per heavy atom. The number of nitrogens with one attached hydrogen (secondary N) is 2. The topological polar surface area (TPSA) is 58.2 Å². The predicted molar refractivity (Wildman–Crippen MR) is 72.0 cm³/mol. The summed E-state index contributed by atoms with van der Waals surface area (Å²) >= 11 is 0. The Balaban J connectivity index is 1.91. The zero-order valence-corrected chi connectivity index (χ0v) is 11.9. The van der Waals surface area contributed by atoms with Crippen molar-refractivity contribution in [1.82, 2.24) is 10.6 Å². The van der Waals surface area contributed by atoms with Gasteiger partial charge in [-0.2, -0.15) is 0 Å². The van der Waals surface area contributed by atoms with Crippen LogP contribution in [0.4, 0.5) is 0 Å². The molecule has 0 aromatic rings. The fraction of sp³-hybridized carbons (Fsp3) is 1.00. The van der Waals surface area contributed by atoms with Crippen LogP contribution < -0.4 is 10.6 Å². The molecule has 102 valence electrons. The molecule has 1 aliphatic heterocycles. The molecule has 0 aromatic heterocycles. The fourth-order valence-corrected chi connectivity index (χ4v) is 3.93. The lowest BCUT2D eigenvalue weighted by molar-refractivity contribution is 0.495. The third-order valence-corrected chi connectivity index (χ3v) is 4.86. The number of sulfone groups is 1. The van der Waals surface area contributed by atoms with Crippen LogP contribution in [-0.4, -0.2) is 46.1 Å². The van der Waals surface area contributed by atoms with Gasteiger partial charge in [0.2, 0.25) is 0 Å². The van der Waals surface area contributed by atoms with Crippen molar-refractivity contribution >= 4 is 9.84 Å². The molecular weight excluding hydrogens is 236 g/mol. The standard InChI is InChI=1S/C12H26N2O2S/c1-11(2)8-13-5-3-6-14-9-12-4-7-17(15,16)10-12/h11-14H,3-10H2,1-2H3. The van der Waals surface area contributed by atoms with E-state index in [4.69, 9.17) is 0 Å². The van der Waals surface area contributed by atoms with E-state index in [0.717, 1.165) is 39.0 Å². The second kappa shape index (κ2) is 7.34. The Hall–Kier alpha value is -0.130. The van der Waals surface area contributed by atoms with Gasteiger partial charge in [0.05, 0.1) is 11.5 Å². The number of hydrogen-bond donors (Lipinski definition) is 2. The van der Waals surface area contributed by atoms with Gasteiger partial charge in [0, 0.05) is 0 Å². The second-order valence-corrected chi connectivity index (χ2v) is 7.65. The van der Waals surface area contributed by atoms with Crippen molar-refractivity contribution < 1.29 is 8.42 Å². The molecule has 17 heavy (non-hydrogen) atoms. The molecule has 1 aliphatic rings. The van der Waals surface area contributed by atoms with E-state index in [1.807, 2.05) is 0 Å². The summed E-state index contributed by atoms with van der Waals surface area (Å²) in [5.41, 5.74) is 0. The van der Waals surface area contributed by atoms with E-state index in [1.165, 1.54) is 0 Å². The molecule has 0 radical (unpaired) electrons. The summed E-state index contributed by atoms with van der Waals surface area (Å²) in [5.74, 6) is 1.80. The first-order valence-electron chi connectivity index (χ1n) is 6.61. The van der Waals surface area contributed by atoms with Crippen molar-refractivity contribution in [3.05, 3.63) is 0 Å². The van der Waals surface area contributed by atoms with Crippen LogP contribution in [0.1, 0.15) is 26.7 Å². The fourth-order valence-electron chi connectivity index (χ4n) is 2.07. The molecule has 1 saturated heterocycles. The minimum atomic E-state index is -2.71. The summed E-state index contributed by atoms with van der Waals surface area (Å²) in [5, 5.41) is 6.74. The van der Waals surface area contributed by atoms with E-state index in [1.54, 1.807) is 0 Å². The van der Waals surface area contributed by atoms with Crippen molar-refractivity contribution in [3.8, 4) is 0 Å². The summed E-state index contributed by atoms with van der Waals surface area (Å²) in [4.78, 5) is 0. The Bertz CT molecular complexity index is 302. The van der Waals surface area contributed by atoms with Crippen molar-refractivity contribution in [3.63, 3.8) is 0 Å². The van der Waals surface area contributed by atoms with Crippen molar-refractivity contribution in [1.29, 1.82) is 0 Å². The van der Waals surface area contributed by atoms with Crippen LogP contribution in [0, 0.1) is 11.8 Å². The summed E-state index contributed by atoms with van der Waals surface area (Å²) in [6, 6.07) is 0. The molecule has 1 unspecified atom stereocenters. The molecule has 0 bridgehead atoms. The highest BCUT2D eigenvalue weighted by molar-refractivity contribution is 7.91. The normalized spacial score (nSPS) is 23.4. The lowest BCUT2D eigenvalue weighted by atomic mass is 10.1. The van der Waals surface area contributed by atoms with Crippen LogP contribution in [0.5, 0.6) is 0 Å². The van der Waals surface area contributed by atoms with Gasteiger partial charge in [0.1, 0.15) is 0 Å². The van der Waals surface area contributed by atoms with E-state index in [0.29, 0.717) is 23.3 Å². The maximum absolute atomic E-state index is 11.2. The predicted octanol–water partition coefficient (Wildman–Crippen LogP) is 0.646. The van der Waals surface area contributed by atoms with E-state index in [-0.39, 0.29) is 0 Å². The third-order valence-electron chi connectivity index (χ3n) is 3.02. The number of rotatable bonds is 8. The average molecular weight is 262 g/mol. The van der Waals surface area contributed by atoms with Gasteiger partial charge in [0.15, 0.2) is 9.84 Å². The van der Waals surface area contributed by atoms with Crippen molar-refractivity contribution in [2.24, 2.45) is 11.8 Å². The van der Waals surface area contributed by atoms with Gasteiger partial charge in [-0.1, -0.05) is 13.8 Å². The zero-order valence-electron chi connectivity index (χ0n) is 11.0. The maximum Gasteiger partial charge on any atom is 0.150 e. The van der Waals surface area contributed by atoms with Crippen molar-refractivity contribution in [2.45, 2.75) is 26.7 Å². The van der Waals surface area contributed by atoms with Gasteiger partial charge in [-0.15, -0.1) is 0 Å². The monoisotopic (exact) mass is 262 g/mol. The summed E-state index contributed by atoms with van der Waals surface area (Å²) in [7, 11) is -2.71. The first-order chi connectivity index (χ1) is 7.99. The summed E-state index contributed by atoms with van der Waals surface area (Å²) in [6.07, 6.45) is 1.94. The molecule has 2 N–H and O–H groups in total. The van der Waals surface area contributed by atoms with Crippen LogP contribution in [0.15, 0.2) is 0 Å². The Labute approximate surface area is 105 Å². The molecular formula is C12H26N2O2S. The van der Waals surface area contributed by atoms with Gasteiger partial charge in [-0.3, -0.25) is 0 Å². The first-order valence-corrected chi connectivity index (χ1v) is 8.43. The van der Waals surface area contributed by atoms with Crippen LogP contribution in [0.2, 0.25) is 0 Å². The van der Waals surface area contributed by atoms with Crippen LogP contribution in [-0.2, 0) is 9.84 Å². The lowest BCUT2D eigenvalue weighted by Crippen LogP contribution is -2.28. The molecule has 0 saturated carbocycles. The van der Waals surface area contributed by atoms with Gasteiger partial charge in [0.25, 0.3) is 0 Å². The third kappa shape index (κ3) is 7.01. The smallest absolute Gasteiger partial charge is 0.150 e. The van der Waals surface area contributed by atoms with Gasteiger partial charge < -0.3 is 10.6 Å². The Kier molecular flexibility index (Phi) is 6.44. The molecule has 5 heteroatoms. The highest BCUT2D eigenvalue weighted by atomic mass is 32.2. The van der Waals surface area contributed by atoms with E-state index >= 15 is 0 Å². The molecule has 1 fully saturated rings. The van der Waals surface area contributed by atoms with Gasteiger partial charge >= 0.3 is 0 Å². The lowest BCUT2D eigenvalue weighted by Gasteiger charge is -2.10. The van der Waals surface area contributed by atoms with Crippen molar-refractivity contribution in [2.75, 3.05) is 37.7 Å². The van der Waals surface area contributed by atoms with E-state index in [9.17, 15) is 8.42 Å². The molecule has 1 heterocycles. The molecule has 1 rings (SSSR count). The van der Waals surface area contributed by atoms with E-state index in [2.05, 4.69) is 24.5 Å². The zero-order chi connectivity index (χ0) is 12.7. The Morgan fingerprint density at radius 2 is 1.94 bits per heavy atom. The number of hydrogen-bond acceptors (Lipinski definition) is 4. The SMILES string of the molecule is CC(C)CNCCCNCC1CCS(=O)(=O)C1. The molecule has 4 nitrogen and oxygen atoms in total. The Morgan fingerprint density at radius 3 is 2.53 bits per heavy atom. The first kappa shape index (κ1) is 14.9. The van der Waals surface area contributed by atoms with Crippen LogP contribution in [0.3, 0.4) is 0 Å². The highest BCUT2D eigenvalue weighted by Crippen LogP contribution is 2.17. The van der Waals surface area contributed by atoms with E-state index < -0.39 is 9.84 Å². The molecule has 1 atom stereocenters. The minimum absolute atomic E-state index is 0.337. The van der Waals surface area contributed by atoms with Gasteiger partial charge in [-0.25, -0.2) is 8.42 Å². The minimum Gasteiger partial charge on any atom is -0.316 e. The quantitative estimate of drug-likeness (QED) is 0.631. The van der Waals surface area contributed by atoms with Gasteiger partial charge in [-0.05, 0) is 50.9 Å². The molecule has 0 spiro atoms. The largest absolute Gasteiger partial charge is 0.316 e. The van der Waals surface area contributed by atoms with Crippen LogP contribution in [0.25, 0.3) is 0 Å².